The van der Waals surface area contributed by atoms with Gasteiger partial charge in [0.05, 0.1) is 0 Å². The van der Waals surface area contributed by atoms with E-state index in [1.54, 1.807) is 0 Å². The fourth-order valence-electron chi connectivity index (χ4n) is 4.00. The number of fused-ring (bicyclic) bond motifs is 1. The smallest absolute Gasteiger partial charge is 0.137 e. The predicted molar refractivity (Wildman–Crippen MR) is 110 cm³/mol. The van der Waals surface area contributed by atoms with Gasteiger partial charge in [-0.1, -0.05) is 45.0 Å². The van der Waals surface area contributed by atoms with E-state index < -0.39 is 0 Å². The highest BCUT2D eigenvalue weighted by molar-refractivity contribution is 5.82. The molecular formula is C24H31NO. The summed E-state index contributed by atoms with van der Waals surface area (Å²) in [4.78, 5) is 14.9. The summed E-state index contributed by atoms with van der Waals surface area (Å²) < 4.78 is 0. The van der Waals surface area contributed by atoms with E-state index >= 15 is 0 Å². The molecule has 0 saturated carbocycles. The van der Waals surface area contributed by atoms with Crippen LogP contribution in [0.25, 0.3) is 0 Å². The number of anilines is 1. The molecule has 2 heteroatoms. The summed E-state index contributed by atoms with van der Waals surface area (Å²) in [7, 11) is 0. The molecule has 1 heterocycles. The minimum atomic E-state index is 0.0556. The van der Waals surface area contributed by atoms with Crippen molar-refractivity contribution in [2.45, 2.75) is 60.4 Å². The largest absolute Gasteiger partial charge is 0.367 e. The first-order valence-electron chi connectivity index (χ1n) is 9.66. The number of ketones is 1. The Morgan fingerprint density at radius 1 is 1.04 bits per heavy atom. The average Bonchev–Trinajstić information content (AvgIpc) is 2.56. The van der Waals surface area contributed by atoms with Crippen LogP contribution in [0.3, 0.4) is 0 Å². The van der Waals surface area contributed by atoms with Crippen molar-refractivity contribution in [2.24, 2.45) is 5.41 Å². The molecule has 0 bridgehead atoms. The first-order chi connectivity index (χ1) is 12.2. The lowest BCUT2D eigenvalue weighted by atomic mass is 9.86. The van der Waals surface area contributed by atoms with E-state index in [1.165, 1.54) is 33.5 Å². The fourth-order valence-corrected chi connectivity index (χ4v) is 4.00. The molecule has 138 valence electrons. The van der Waals surface area contributed by atoms with Crippen LogP contribution < -0.4 is 4.90 Å². The zero-order valence-corrected chi connectivity index (χ0v) is 16.9. The van der Waals surface area contributed by atoms with Gasteiger partial charge >= 0.3 is 0 Å². The van der Waals surface area contributed by atoms with Crippen molar-refractivity contribution < 1.29 is 4.79 Å². The lowest BCUT2D eigenvalue weighted by molar-refractivity contribution is -0.120. The highest BCUT2D eigenvalue weighted by Gasteiger charge is 2.20. The molecule has 0 amide bonds. The van der Waals surface area contributed by atoms with Crippen LogP contribution in [0.15, 0.2) is 36.4 Å². The second-order valence-electron chi connectivity index (χ2n) is 8.95. The van der Waals surface area contributed by atoms with Crippen molar-refractivity contribution >= 4 is 11.5 Å². The van der Waals surface area contributed by atoms with Crippen LogP contribution >= 0.6 is 0 Å². The number of hydrogen-bond donors (Lipinski definition) is 0. The molecule has 26 heavy (non-hydrogen) atoms. The molecule has 0 atom stereocenters. The third-order valence-corrected chi connectivity index (χ3v) is 5.28. The minimum absolute atomic E-state index is 0.0556. The second-order valence-corrected chi connectivity index (χ2v) is 8.95. The summed E-state index contributed by atoms with van der Waals surface area (Å²) in [6.07, 6.45) is 2.29. The Bertz CT molecular complexity index is 790. The maximum Gasteiger partial charge on any atom is 0.137 e. The van der Waals surface area contributed by atoms with Gasteiger partial charge in [0, 0.05) is 31.6 Å². The van der Waals surface area contributed by atoms with Crippen molar-refractivity contribution in [3.8, 4) is 0 Å². The Labute approximate surface area is 158 Å². The van der Waals surface area contributed by atoms with E-state index in [2.05, 4.69) is 75.9 Å². The maximum atomic E-state index is 12.4. The summed E-state index contributed by atoms with van der Waals surface area (Å²) in [6.45, 7) is 12.7. The van der Waals surface area contributed by atoms with E-state index in [-0.39, 0.29) is 5.41 Å². The number of carbonyl (C=O) groups excluding carboxylic acids is 1. The number of aryl methyl sites for hydroxylation is 2. The van der Waals surface area contributed by atoms with Gasteiger partial charge in [-0.25, -0.2) is 0 Å². The van der Waals surface area contributed by atoms with Gasteiger partial charge in [-0.2, -0.15) is 0 Å². The summed E-state index contributed by atoms with van der Waals surface area (Å²) in [6, 6.07) is 13.3. The average molecular weight is 350 g/mol. The minimum Gasteiger partial charge on any atom is -0.367 e. The number of nitrogens with zero attached hydrogens (tertiary/aromatic N) is 1. The zero-order valence-electron chi connectivity index (χ0n) is 16.9. The molecule has 1 aliphatic rings. The van der Waals surface area contributed by atoms with Crippen LogP contribution in [0.4, 0.5) is 5.69 Å². The Morgan fingerprint density at radius 3 is 2.27 bits per heavy atom. The Hall–Kier alpha value is -2.09. The molecule has 2 aromatic carbocycles. The zero-order chi connectivity index (χ0) is 18.9. The molecule has 0 spiro atoms. The van der Waals surface area contributed by atoms with Crippen LogP contribution in [-0.2, 0) is 24.2 Å². The molecule has 0 aromatic heterocycles. The second kappa shape index (κ2) is 7.26. The van der Waals surface area contributed by atoms with Crippen LogP contribution in [-0.4, -0.2) is 12.3 Å². The first kappa shape index (κ1) is 18.7. The molecule has 0 fully saturated rings. The summed E-state index contributed by atoms with van der Waals surface area (Å²) in [5.74, 6) is 0.336. The topological polar surface area (TPSA) is 20.3 Å². The van der Waals surface area contributed by atoms with Crippen molar-refractivity contribution in [1.29, 1.82) is 0 Å². The van der Waals surface area contributed by atoms with E-state index in [0.717, 1.165) is 19.5 Å². The predicted octanol–water partition coefficient (Wildman–Crippen LogP) is 5.41. The van der Waals surface area contributed by atoms with Gasteiger partial charge in [0.25, 0.3) is 0 Å². The van der Waals surface area contributed by atoms with E-state index in [9.17, 15) is 4.79 Å². The monoisotopic (exact) mass is 349 g/mol. The standard InChI is InChI=1S/C24H31NO/c1-17-12-21(25-11-10-19-8-6-7-9-20(19)16-25)13-18(2)23(17)14-22(26)15-24(3,4)5/h6-9,12-13H,10-11,14-16H2,1-5H3. The normalized spacial score (nSPS) is 14.3. The number of Topliss-reactive ketones (excluding diaryl/α,β-unsaturated/α-hetero) is 1. The highest BCUT2D eigenvalue weighted by atomic mass is 16.1. The van der Waals surface area contributed by atoms with Crippen LogP contribution in [0.5, 0.6) is 0 Å². The van der Waals surface area contributed by atoms with Gasteiger partial charge in [-0.15, -0.1) is 0 Å². The van der Waals surface area contributed by atoms with Crippen molar-refractivity contribution in [3.05, 3.63) is 64.2 Å². The highest BCUT2D eigenvalue weighted by Crippen LogP contribution is 2.29. The van der Waals surface area contributed by atoms with Crippen molar-refractivity contribution in [3.63, 3.8) is 0 Å². The van der Waals surface area contributed by atoms with Crippen LogP contribution in [0, 0.1) is 19.3 Å². The van der Waals surface area contributed by atoms with Gasteiger partial charge in [0.15, 0.2) is 0 Å². The third kappa shape index (κ3) is 4.35. The van der Waals surface area contributed by atoms with Crippen LogP contribution in [0.1, 0.15) is 55.0 Å². The van der Waals surface area contributed by atoms with Gasteiger partial charge in [-0.3, -0.25) is 4.79 Å². The molecule has 2 nitrogen and oxygen atoms in total. The SMILES string of the molecule is Cc1cc(N2CCc3ccccc3C2)cc(C)c1CC(=O)CC(C)(C)C. The lowest BCUT2D eigenvalue weighted by Crippen LogP contribution is -2.30. The fraction of sp³-hybridized carbons (Fsp3) is 0.458. The van der Waals surface area contributed by atoms with Crippen LogP contribution in [0.2, 0.25) is 0 Å². The quantitative estimate of drug-likeness (QED) is 0.735. The lowest BCUT2D eigenvalue weighted by Gasteiger charge is -2.31. The Morgan fingerprint density at radius 2 is 1.65 bits per heavy atom. The molecule has 0 N–H and O–H groups in total. The molecular weight excluding hydrogens is 318 g/mol. The first-order valence-corrected chi connectivity index (χ1v) is 9.66. The summed E-state index contributed by atoms with van der Waals surface area (Å²) in [5.41, 5.74) is 7.92. The van der Waals surface area contributed by atoms with E-state index in [1.807, 2.05) is 0 Å². The molecule has 3 rings (SSSR count). The molecule has 2 aromatic rings. The molecule has 0 aliphatic carbocycles. The van der Waals surface area contributed by atoms with E-state index in [0.29, 0.717) is 18.6 Å². The van der Waals surface area contributed by atoms with Gasteiger partial charge in [0.1, 0.15) is 5.78 Å². The van der Waals surface area contributed by atoms with Gasteiger partial charge in [0.2, 0.25) is 0 Å². The van der Waals surface area contributed by atoms with Gasteiger partial charge in [-0.05, 0) is 65.6 Å². The number of carbonyl (C=O) groups is 1. The third-order valence-electron chi connectivity index (χ3n) is 5.28. The molecule has 0 unspecified atom stereocenters. The summed E-state index contributed by atoms with van der Waals surface area (Å²) >= 11 is 0. The van der Waals surface area contributed by atoms with Crippen molar-refractivity contribution in [1.82, 2.24) is 0 Å². The van der Waals surface area contributed by atoms with Gasteiger partial charge < -0.3 is 4.90 Å². The Kier molecular flexibility index (Phi) is 5.22. The molecule has 0 saturated heterocycles. The summed E-state index contributed by atoms with van der Waals surface area (Å²) in [5, 5.41) is 0. The van der Waals surface area contributed by atoms with E-state index in [4.69, 9.17) is 0 Å². The molecule has 1 aliphatic heterocycles. The number of hydrogen-bond acceptors (Lipinski definition) is 2. The number of rotatable bonds is 4. The maximum absolute atomic E-state index is 12.4. The Balaban J connectivity index is 1.79. The molecule has 0 radical (unpaired) electrons. The number of benzene rings is 2. The van der Waals surface area contributed by atoms with Crippen molar-refractivity contribution in [2.75, 3.05) is 11.4 Å².